The number of benzene rings is 2. The number of anilines is 1. The van der Waals surface area contributed by atoms with Crippen molar-refractivity contribution in [1.82, 2.24) is 9.97 Å². The normalized spacial score (nSPS) is 15.3. The van der Waals surface area contributed by atoms with E-state index >= 15 is 0 Å². The van der Waals surface area contributed by atoms with Crippen molar-refractivity contribution in [3.63, 3.8) is 0 Å². The number of amides is 1. The molecule has 3 aromatic rings. The molecule has 32 heavy (non-hydrogen) atoms. The minimum atomic E-state index is -0.0737. The summed E-state index contributed by atoms with van der Waals surface area (Å²) in [5.41, 5.74) is 5.79. The number of aromatic nitrogens is 2. The molecule has 2 aliphatic carbocycles. The Morgan fingerprint density at radius 2 is 1.84 bits per heavy atom. The number of hydrogen-bond acceptors (Lipinski definition) is 4. The summed E-state index contributed by atoms with van der Waals surface area (Å²) in [4.78, 5) is 22.8. The number of nitrogens with zero attached hydrogens (tertiary/aromatic N) is 2. The maximum absolute atomic E-state index is 12.8. The number of hydrogen-bond donors (Lipinski definition) is 2. The number of carbonyl (C=O) groups excluding carboxylic acids is 1. The molecule has 1 saturated carbocycles. The van der Waals surface area contributed by atoms with Crippen LogP contribution in [0.4, 0.5) is 5.82 Å². The first-order valence-corrected chi connectivity index (χ1v) is 12.1. The van der Waals surface area contributed by atoms with Gasteiger partial charge in [-0.3, -0.25) is 4.79 Å². The predicted octanol–water partition coefficient (Wildman–Crippen LogP) is 5.62. The second-order valence-corrected chi connectivity index (χ2v) is 9.78. The van der Waals surface area contributed by atoms with Gasteiger partial charge in [0.1, 0.15) is 5.75 Å². The Kier molecular flexibility index (Phi) is 5.96. The van der Waals surface area contributed by atoms with Gasteiger partial charge in [0, 0.05) is 10.0 Å². The van der Waals surface area contributed by atoms with E-state index in [0.29, 0.717) is 18.2 Å². The fraction of sp³-hybridized carbons (Fsp3) is 0.346. The number of nitrogens with one attached hydrogen (secondary N) is 1. The Balaban J connectivity index is 1.46. The van der Waals surface area contributed by atoms with Crippen LogP contribution in [0.1, 0.15) is 48.2 Å². The lowest BCUT2D eigenvalue weighted by atomic mass is 9.91. The molecule has 5 rings (SSSR count). The van der Waals surface area contributed by atoms with Crippen LogP contribution in [-0.4, -0.2) is 21.0 Å². The molecule has 0 unspecified atom stereocenters. The topological polar surface area (TPSA) is 75.1 Å². The Morgan fingerprint density at radius 1 is 1.06 bits per heavy atom. The van der Waals surface area contributed by atoms with Crippen molar-refractivity contribution >= 4 is 27.7 Å². The van der Waals surface area contributed by atoms with Gasteiger partial charge in [-0.05, 0) is 66.6 Å². The van der Waals surface area contributed by atoms with E-state index in [1.807, 2.05) is 36.4 Å². The van der Waals surface area contributed by atoms with Gasteiger partial charge in [0.15, 0.2) is 5.82 Å². The molecule has 1 aromatic heterocycles. The van der Waals surface area contributed by atoms with E-state index in [4.69, 9.17) is 9.97 Å². The number of phenols is 1. The van der Waals surface area contributed by atoms with Gasteiger partial charge in [-0.2, -0.15) is 0 Å². The van der Waals surface area contributed by atoms with E-state index in [9.17, 15) is 9.90 Å². The maximum atomic E-state index is 12.8. The fourth-order valence-electron chi connectivity index (χ4n) is 4.86. The van der Waals surface area contributed by atoms with Gasteiger partial charge in [0.25, 0.3) is 0 Å². The van der Waals surface area contributed by atoms with E-state index in [-0.39, 0.29) is 11.7 Å². The van der Waals surface area contributed by atoms with Crippen LogP contribution in [0.3, 0.4) is 0 Å². The molecule has 0 radical (unpaired) electrons. The summed E-state index contributed by atoms with van der Waals surface area (Å²) in [6.07, 6.45) is 7.62. The number of aryl methyl sites for hydroxylation is 2. The van der Waals surface area contributed by atoms with E-state index in [1.165, 1.54) is 25.7 Å². The highest BCUT2D eigenvalue weighted by atomic mass is 79.9. The van der Waals surface area contributed by atoms with Crippen molar-refractivity contribution in [3.05, 3.63) is 69.5 Å². The van der Waals surface area contributed by atoms with Crippen molar-refractivity contribution < 1.29 is 9.90 Å². The van der Waals surface area contributed by atoms with Crippen molar-refractivity contribution in [2.45, 2.75) is 51.4 Å². The summed E-state index contributed by atoms with van der Waals surface area (Å²) in [7, 11) is 0. The summed E-state index contributed by atoms with van der Waals surface area (Å²) in [5, 5.41) is 12.9. The van der Waals surface area contributed by atoms with Gasteiger partial charge in [0.2, 0.25) is 5.91 Å². The molecule has 2 aliphatic rings. The highest BCUT2D eigenvalue weighted by Crippen LogP contribution is 2.36. The van der Waals surface area contributed by atoms with Crippen LogP contribution in [0.25, 0.3) is 11.3 Å². The van der Waals surface area contributed by atoms with Crippen LogP contribution >= 0.6 is 15.9 Å². The van der Waals surface area contributed by atoms with Crippen LogP contribution < -0.4 is 5.32 Å². The molecule has 1 heterocycles. The van der Waals surface area contributed by atoms with Crippen molar-refractivity contribution in [2.24, 2.45) is 5.92 Å². The standard InChI is InChI=1S/C26H26BrN3O2/c27-19-8-5-17(6-9-19)14-24(32)30-26-23(13-16-3-1-2-4-16)28-25-21-11-10-20(31)15-18(21)7-12-22(25)29-26/h5-6,8-11,15-16,31H,1-4,7,12-14H2,(H,29,30,32). The monoisotopic (exact) mass is 491 g/mol. The number of carbonyl (C=O) groups is 1. The molecule has 2 N–H and O–H groups in total. The van der Waals surface area contributed by atoms with Gasteiger partial charge in [-0.15, -0.1) is 0 Å². The van der Waals surface area contributed by atoms with Gasteiger partial charge in [-0.1, -0.05) is 53.7 Å². The molecule has 0 atom stereocenters. The molecule has 0 saturated heterocycles. The van der Waals surface area contributed by atoms with Gasteiger partial charge in [-0.25, -0.2) is 9.97 Å². The van der Waals surface area contributed by atoms with Crippen molar-refractivity contribution in [1.29, 1.82) is 0 Å². The summed E-state index contributed by atoms with van der Waals surface area (Å²) >= 11 is 3.43. The number of phenolic OH excluding ortho intramolecular Hbond substituents is 1. The smallest absolute Gasteiger partial charge is 0.229 e. The van der Waals surface area contributed by atoms with Crippen molar-refractivity contribution in [3.8, 4) is 17.0 Å². The lowest BCUT2D eigenvalue weighted by molar-refractivity contribution is -0.115. The first-order valence-electron chi connectivity index (χ1n) is 11.3. The molecule has 164 valence electrons. The first-order chi connectivity index (χ1) is 15.5. The highest BCUT2D eigenvalue weighted by Gasteiger charge is 2.25. The van der Waals surface area contributed by atoms with E-state index in [2.05, 4.69) is 21.2 Å². The molecule has 0 spiro atoms. The van der Waals surface area contributed by atoms with Gasteiger partial charge >= 0.3 is 0 Å². The average molecular weight is 492 g/mol. The van der Waals surface area contributed by atoms with Crippen LogP contribution in [0.2, 0.25) is 0 Å². The molecule has 5 nitrogen and oxygen atoms in total. The third kappa shape index (κ3) is 4.56. The molecular formula is C26H26BrN3O2. The number of fused-ring (bicyclic) bond motifs is 3. The lowest BCUT2D eigenvalue weighted by Gasteiger charge is -2.22. The number of aromatic hydroxyl groups is 1. The van der Waals surface area contributed by atoms with Crippen LogP contribution in [0.15, 0.2) is 46.9 Å². The summed E-state index contributed by atoms with van der Waals surface area (Å²) in [6.45, 7) is 0. The quantitative estimate of drug-likeness (QED) is 0.485. The minimum absolute atomic E-state index is 0.0737. The fourth-order valence-corrected chi connectivity index (χ4v) is 5.12. The summed E-state index contributed by atoms with van der Waals surface area (Å²) in [5.74, 6) is 1.41. The molecular weight excluding hydrogens is 466 g/mol. The Bertz CT molecular complexity index is 1150. The highest BCUT2D eigenvalue weighted by molar-refractivity contribution is 9.10. The predicted molar refractivity (Wildman–Crippen MR) is 129 cm³/mol. The number of halogens is 1. The van der Waals surface area contributed by atoms with E-state index < -0.39 is 0 Å². The minimum Gasteiger partial charge on any atom is -0.508 e. The second-order valence-electron chi connectivity index (χ2n) is 8.86. The average Bonchev–Trinajstić information content (AvgIpc) is 3.29. The van der Waals surface area contributed by atoms with Crippen LogP contribution in [0.5, 0.6) is 5.75 Å². The zero-order valence-electron chi connectivity index (χ0n) is 17.9. The third-order valence-electron chi connectivity index (χ3n) is 6.51. The summed E-state index contributed by atoms with van der Waals surface area (Å²) in [6, 6.07) is 13.3. The van der Waals surface area contributed by atoms with Crippen LogP contribution in [-0.2, 0) is 30.5 Å². The molecule has 0 aliphatic heterocycles. The molecule has 2 aromatic carbocycles. The van der Waals surface area contributed by atoms with Gasteiger partial charge in [0.05, 0.1) is 23.5 Å². The summed E-state index contributed by atoms with van der Waals surface area (Å²) < 4.78 is 0.995. The van der Waals surface area contributed by atoms with E-state index in [0.717, 1.165) is 57.5 Å². The van der Waals surface area contributed by atoms with Crippen molar-refractivity contribution in [2.75, 3.05) is 5.32 Å². The maximum Gasteiger partial charge on any atom is 0.229 e. The number of rotatable bonds is 5. The van der Waals surface area contributed by atoms with Gasteiger partial charge < -0.3 is 10.4 Å². The molecule has 6 heteroatoms. The van der Waals surface area contributed by atoms with E-state index in [1.54, 1.807) is 6.07 Å². The SMILES string of the molecule is O=C(Cc1ccc(Br)cc1)Nc1nc2c(nc1CC1CCCC1)-c1ccc(O)cc1CC2. The lowest BCUT2D eigenvalue weighted by Crippen LogP contribution is -2.20. The zero-order valence-corrected chi connectivity index (χ0v) is 19.5. The Labute approximate surface area is 196 Å². The Morgan fingerprint density at radius 3 is 2.62 bits per heavy atom. The zero-order chi connectivity index (χ0) is 22.1. The molecule has 1 amide bonds. The largest absolute Gasteiger partial charge is 0.508 e. The first kappa shape index (κ1) is 21.1. The Hall–Kier alpha value is -2.73. The molecule has 1 fully saturated rings. The third-order valence-corrected chi connectivity index (χ3v) is 7.04. The second kappa shape index (κ2) is 9.02. The van der Waals surface area contributed by atoms with Crippen LogP contribution in [0, 0.1) is 5.92 Å². The molecule has 0 bridgehead atoms.